The number of halogens is 2. The summed E-state index contributed by atoms with van der Waals surface area (Å²) in [5.41, 5.74) is 0.940. The Morgan fingerprint density at radius 3 is 2.36 bits per heavy atom. The molecule has 5 fully saturated rings. The molecule has 3 amide bonds. The number of fused-ring (bicyclic) bond motifs is 2. The van der Waals surface area contributed by atoms with Gasteiger partial charge in [0.25, 0.3) is 0 Å². The van der Waals surface area contributed by atoms with E-state index < -0.39 is 5.92 Å². The van der Waals surface area contributed by atoms with Crippen molar-refractivity contribution >= 4 is 11.9 Å². The van der Waals surface area contributed by atoms with Crippen molar-refractivity contribution in [3.63, 3.8) is 0 Å². The molecule has 9 heteroatoms. The second-order valence-electron chi connectivity index (χ2n) is 14.0. The maximum atomic E-state index is 13.7. The predicted octanol–water partition coefficient (Wildman–Crippen LogP) is 5.61. The molecule has 0 aromatic heterocycles. The van der Waals surface area contributed by atoms with Crippen LogP contribution in [0.5, 0.6) is 0 Å². The Labute approximate surface area is 249 Å². The number of benzene rings is 1. The van der Waals surface area contributed by atoms with Crippen LogP contribution >= 0.6 is 0 Å². The maximum Gasteiger partial charge on any atom is 0.320 e. The fourth-order valence-corrected chi connectivity index (χ4v) is 8.79. The molecule has 0 radical (unpaired) electrons. The van der Waals surface area contributed by atoms with Crippen molar-refractivity contribution in [2.24, 2.45) is 11.8 Å². The Morgan fingerprint density at radius 2 is 1.74 bits per heavy atom. The van der Waals surface area contributed by atoms with Crippen LogP contribution < -0.4 is 5.32 Å². The third-order valence-electron chi connectivity index (χ3n) is 10.8. The summed E-state index contributed by atoms with van der Waals surface area (Å²) < 4.78 is 33.0. The van der Waals surface area contributed by atoms with Crippen molar-refractivity contribution < 1.29 is 23.1 Å². The molecule has 1 aromatic carbocycles. The van der Waals surface area contributed by atoms with Crippen molar-refractivity contribution in [3.8, 4) is 0 Å². The first-order valence-electron chi connectivity index (χ1n) is 16.3. The molecule has 4 heterocycles. The highest BCUT2D eigenvalue weighted by atomic mass is 19.3. The molecule has 1 N–H and O–H groups in total. The number of amides is 3. The zero-order valence-corrected chi connectivity index (χ0v) is 25.3. The van der Waals surface area contributed by atoms with Crippen LogP contribution in [0.15, 0.2) is 30.3 Å². The number of piperidine rings is 1. The van der Waals surface area contributed by atoms with E-state index in [1.807, 2.05) is 30.3 Å². The largest absolute Gasteiger partial charge is 0.381 e. The highest BCUT2D eigenvalue weighted by Gasteiger charge is 2.57. The van der Waals surface area contributed by atoms with Gasteiger partial charge in [0, 0.05) is 69.0 Å². The highest BCUT2D eigenvalue weighted by Crippen LogP contribution is 2.48. The summed E-state index contributed by atoms with van der Waals surface area (Å²) in [5.74, 6) is -2.64. The first-order chi connectivity index (χ1) is 20.1. The molecule has 1 aromatic rings. The Balaban J connectivity index is 1.12. The molecule has 4 saturated heterocycles. The van der Waals surface area contributed by atoms with Gasteiger partial charge in [-0.05, 0) is 70.8 Å². The van der Waals surface area contributed by atoms with E-state index in [1.54, 1.807) is 0 Å². The molecule has 5 atom stereocenters. The number of alkyl halides is 2. The highest BCUT2D eigenvalue weighted by molar-refractivity contribution is 5.79. The fraction of sp³-hybridized carbons (Fsp3) is 0.758. The first kappa shape index (κ1) is 29.8. The van der Waals surface area contributed by atoms with Crippen LogP contribution in [0, 0.1) is 11.8 Å². The van der Waals surface area contributed by atoms with Crippen molar-refractivity contribution in [3.05, 3.63) is 35.9 Å². The molecule has 6 rings (SSSR count). The number of rotatable bonds is 9. The van der Waals surface area contributed by atoms with Gasteiger partial charge in [0.1, 0.15) is 0 Å². The van der Waals surface area contributed by atoms with Crippen LogP contribution in [0.4, 0.5) is 13.6 Å². The molecule has 2 bridgehead atoms. The van der Waals surface area contributed by atoms with Gasteiger partial charge in [0.15, 0.2) is 0 Å². The lowest BCUT2D eigenvalue weighted by atomic mass is 9.81. The van der Waals surface area contributed by atoms with E-state index >= 15 is 0 Å². The smallest absolute Gasteiger partial charge is 0.320 e. The summed E-state index contributed by atoms with van der Waals surface area (Å²) in [7, 11) is 0. The third-order valence-corrected chi connectivity index (χ3v) is 10.8. The van der Waals surface area contributed by atoms with Gasteiger partial charge >= 0.3 is 6.03 Å². The van der Waals surface area contributed by atoms with Crippen molar-refractivity contribution in [2.75, 3.05) is 32.8 Å². The summed E-state index contributed by atoms with van der Waals surface area (Å²) in [6, 6.07) is 11.1. The molecule has 1 aliphatic carbocycles. The van der Waals surface area contributed by atoms with Gasteiger partial charge in [0.2, 0.25) is 11.8 Å². The maximum absolute atomic E-state index is 13.7. The number of nitrogens with one attached hydrogen (secondary N) is 1. The zero-order valence-electron chi connectivity index (χ0n) is 25.3. The van der Waals surface area contributed by atoms with Crippen LogP contribution in [-0.2, 0) is 9.53 Å². The van der Waals surface area contributed by atoms with Gasteiger partial charge in [-0.15, -0.1) is 0 Å². The SMILES string of the molecule is CC(C)N1C(=O)N(CC2CCOC2)CC12CC1CC[C@H](C2)N1CC[C@H](NC(=O)C1CCC(F)(F)CC1)c1ccccc1. The van der Waals surface area contributed by atoms with E-state index in [0.717, 1.165) is 76.9 Å². The van der Waals surface area contributed by atoms with Gasteiger partial charge in [-0.2, -0.15) is 0 Å². The topological polar surface area (TPSA) is 65.1 Å². The molecular formula is C33H48F2N4O3. The summed E-state index contributed by atoms with van der Waals surface area (Å²) in [4.78, 5) is 33.9. The number of nitrogens with zero attached hydrogens (tertiary/aromatic N) is 3. The van der Waals surface area contributed by atoms with Crippen molar-refractivity contribution in [2.45, 2.75) is 114 Å². The van der Waals surface area contributed by atoms with E-state index in [1.165, 1.54) is 0 Å². The molecule has 5 aliphatic rings. The summed E-state index contributed by atoms with van der Waals surface area (Å²) in [6.07, 6.45) is 6.15. The number of urea groups is 1. The average molecular weight is 587 g/mol. The monoisotopic (exact) mass is 586 g/mol. The van der Waals surface area contributed by atoms with Gasteiger partial charge in [-0.3, -0.25) is 9.69 Å². The zero-order chi connectivity index (χ0) is 29.5. The van der Waals surface area contributed by atoms with Crippen LogP contribution in [0.25, 0.3) is 0 Å². The molecule has 3 unspecified atom stereocenters. The van der Waals surface area contributed by atoms with Gasteiger partial charge < -0.3 is 19.9 Å². The van der Waals surface area contributed by atoms with Crippen molar-refractivity contribution in [1.29, 1.82) is 0 Å². The lowest BCUT2D eigenvalue weighted by molar-refractivity contribution is -0.130. The van der Waals surface area contributed by atoms with Gasteiger partial charge in [0.05, 0.1) is 18.2 Å². The Bertz CT molecular complexity index is 1090. The lowest BCUT2D eigenvalue weighted by Gasteiger charge is -2.49. The predicted molar refractivity (Wildman–Crippen MR) is 157 cm³/mol. The fourth-order valence-electron chi connectivity index (χ4n) is 8.79. The van der Waals surface area contributed by atoms with Crippen LogP contribution in [0.1, 0.15) is 89.7 Å². The Morgan fingerprint density at radius 1 is 1.05 bits per heavy atom. The van der Waals surface area contributed by atoms with Crippen LogP contribution in [0.3, 0.4) is 0 Å². The first-order valence-corrected chi connectivity index (χ1v) is 16.3. The van der Waals surface area contributed by atoms with Gasteiger partial charge in [-0.1, -0.05) is 30.3 Å². The average Bonchev–Trinajstić information content (AvgIpc) is 3.63. The molecule has 1 spiro atoms. The molecule has 1 saturated carbocycles. The molecule has 232 valence electrons. The van der Waals surface area contributed by atoms with Gasteiger partial charge in [-0.25, -0.2) is 13.6 Å². The lowest BCUT2D eigenvalue weighted by Crippen LogP contribution is -2.60. The van der Waals surface area contributed by atoms with E-state index in [-0.39, 0.29) is 61.2 Å². The van der Waals surface area contributed by atoms with E-state index in [0.29, 0.717) is 18.0 Å². The molecule has 4 aliphatic heterocycles. The summed E-state index contributed by atoms with van der Waals surface area (Å²) >= 11 is 0. The molecule has 7 nitrogen and oxygen atoms in total. The molecular weight excluding hydrogens is 538 g/mol. The van der Waals surface area contributed by atoms with Crippen molar-refractivity contribution in [1.82, 2.24) is 20.0 Å². The van der Waals surface area contributed by atoms with E-state index in [2.05, 4.69) is 33.9 Å². The normalized spacial score (nSPS) is 32.3. The minimum Gasteiger partial charge on any atom is -0.381 e. The summed E-state index contributed by atoms with van der Waals surface area (Å²) in [5, 5.41) is 3.26. The van der Waals surface area contributed by atoms with E-state index in [9.17, 15) is 18.4 Å². The second kappa shape index (κ2) is 12.0. The van der Waals surface area contributed by atoms with Crippen LogP contribution in [-0.4, -0.2) is 89.1 Å². The Kier molecular flexibility index (Phi) is 8.53. The number of ether oxygens (including phenoxy) is 1. The number of hydrogen-bond donors (Lipinski definition) is 1. The number of carbonyl (C=O) groups excluding carboxylic acids is 2. The third kappa shape index (κ3) is 6.05. The second-order valence-corrected chi connectivity index (χ2v) is 14.0. The minimum absolute atomic E-state index is 0.0929. The number of hydrogen-bond acceptors (Lipinski definition) is 4. The Hall–Kier alpha value is -2.26. The molecule has 42 heavy (non-hydrogen) atoms. The van der Waals surface area contributed by atoms with E-state index in [4.69, 9.17) is 4.74 Å². The standard InChI is InChI=1S/C33H48F2N4O3/c1-23(2)39-31(41)37(20-24-13-17-42-21-24)22-32(39)18-27-8-9-28(19-32)38(27)16-12-29(25-6-4-3-5-7-25)36-30(40)26-10-14-33(34,35)15-11-26/h3-7,23-24,26-29H,8-22H2,1-2H3,(H,36,40)/t24?,27-,28?,29+,32?/m1/s1. The minimum atomic E-state index is -2.64. The quantitative estimate of drug-likeness (QED) is 0.409. The van der Waals surface area contributed by atoms with Crippen LogP contribution in [0.2, 0.25) is 0 Å². The number of carbonyl (C=O) groups is 2. The summed E-state index contributed by atoms with van der Waals surface area (Å²) in [6.45, 7) is 8.32.